The van der Waals surface area contributed by atoms with Crippen molar-refractivity contribution in [1.29, 1.82) is 0 Å². The first-order valence-corrected chi connectivity index (χ1v) is 5.57. The highest BCUT2D eigenvalue weighted by molar-refractivity contribution is 5.77. The lowest BCUT2D eigenvalue weighted by Crippen LogP contribution is -2.31. The van der Waals surface area contributed by atoms with Crippen molar-refractivity contribution in [3.63, 3.8) is 0 Å². The van der Waals surface area contributed by atoms with Gasteiger partial charge < -0.3 is 4.90 Å². The zero-order valence-corrected chi connectivity index (χ0v) is 10.1. The number of likely N-dealkylation sites (tertiary alicyclic amines) is 1. The molecule has 14 heavy (non-hydrogen) atoms. The van der Waals surface area contributed by atoms with Crippen molar-refractivity contribution in [1.82, 2.24) is 4.90 Å². The summed E-state index contributed by atoms with van der Waals surface area (Å²) in [5, 5.41) is 0. The third-order valence-corrected chi connectivity index (χ3v) is 3.02. The van der Waals surface area contributed by atoms with Crippen LogP contribution in [0.1, 0.15) is 41.0 Å². The van der Waals surface area contributed by atoms with Gasteiger partial charge in [-0.3, -0.25) is 4.79 Å². The van der Waals surface area contributed by atoms with E-state index >= 15 is 0 Å². The summed E-state index contributed by atoms with van der Waals surface area (Å²) in [6.45, 7) is 12.7. The van der Waals surface area contributed by atoms with E-state index < -0.39 is 0 Å². The van der Waals surface area contributed by atoms with E-state index in [2.05, 4.69) is 34.6 Å². The summed E-state index contributed by atoms with van der Waals surface area (Å²) in [5.41, 5.74) is 0.117. The number of carbonyl (C=O) groups is 1. The van der Waals surface area contributed by atoms with E-state index in [-0.39, 0.29) is 5.41 Å². The normalized spacial score (nSPS) is 28.2. The van der Waals surface area contributed by atoms with E-state index in [0.717, 1.165) is 13.1 Å². The molecule has 0 aromatic heterocycles. The van der Waals surface area contributed by atoms with Crippen LogP contribution in [0.2, 0.25) is 0 Å². The Morgan fingerprint density at radius 2 is 1.64 bits per heavy atom. The quantitative estimate of drug-likeness (QED) is 0.632. The highest BCUT2D eigenvalue weighted by Crippen LogP contribution is 2.26. The van der Waals surface area contributed by atoms with E-state index in [1.54, 1.807) is 0 Å². The molecule has 0 aromatic carbocycles. The Hall–Kier alpha value is -0.530. The average Bonchev–Trinajstić information content (AvgIpc) is 2.28. The largest absolute Gasteiger partial charge is 0.342 e. The van der Waals surface area contributed by atoms with Crippen LogP contribution in [-0.4, -0.2) is 23.9 Å². The second-order valence-electron chi connectivity index (χ2n) is 5.99. The van der Waals surface area contributed by atoms with Crippen molar-refractivity contribution in [2.75, 3.05) is 13.1 Å². The second kappa shape index (κ2) is 3.92. The molecule has 2 atom stereocenters. The summed E-state index contributed by atoms with van der Waals surface area (Å²) < 4.78 is 0. The Morgan fingerprint density at radius 3 is 2.00 bits per heavy atom. The maximum Gasteiger partial charge on any atom is 0.223 e. The number of rotatable bonds is 1. The molecule has 1 saturated heterocycles. The molecule has 0 aromatic rings. The van der Waals surface area contributed by atoms with Gasteiger partial charge in [0, 0.05) is 19.5 Å². The zero-order chi connectivity index (χ0) is 10.9. The molecular weight excluding hydrogens is 174 g/mol. The van der Waals surface area contributed by atoms with Gasteiger partial charge in [0.2, 0.25) is 5.91 Å². The van der Waals surface area contributed by atoms with Gasteiger partial charge in [0.05, 0.1) is 0 Å². The van der Waals surface area contributed by atoms with Crippen molar-refractivity contribution in [3.05, 3.63) is 0 Å². The van der Waals surface area contributed by atoms with Crippen LogP contribution in [0.4, 0.5) is 0 Å². The molecule has 0 aliphatic carbocycles. The topological polar surface area (TPSA) is 20.3 Å². The number of nitrogens with zero attached hydrogens (tertiary/aromatic N) is 1. The summed E-state index contributed by atoms with van der Waals surface area (Å²) in [6.07, 6.45) is 0.673. The Kier molecular flexibility index (Phi) is 3.23. The van der Waals surface area contributed by atoms with Gasteiger partial charge in [0.1, 0.15) is 0 Å². The number of hydrogen-bond donors (Lipinski definition) is 0. The van der Waals surface area contributed by atoms with Crippen LogP contribution in [0.5, 0.6) is 0 Å². The van der Waals surface area contributed by atoms with Crippen molar-refractivity contribution < 1.29 is 4.79 Å². The van der Waals surface area contributed by atoms with Crippen LogP contribution >= 0.6 is 0 Å². The van der Waals surface area contributed by atoms with Crippen LogP contribution in [-0.2, 0) is 4.79 Å². The third kappa shape index (κ3) is 3.00. The van der Waals surface area contributed by atoms with Crippen molar-refractivity contribution in [3.8, 4) is 0 Å². The minimum absolute atomic E-state index is 0.117. The Labute approximate surface area is 87.7 Å². The summed E-state index contributed by atoms with van der Waals surface area (Å²) in [6, 6.07) is 0. The smallest absolute Gasteiger partial charge is 0.223 e. The summed E-state index contributed by atoms with van der Waals surface area (Å²) >= 11 is 0. The lowest BCUT2D eigenvalue weighted by atomic mass is 9.92. The molecule has 1 heterocycles. The van der Waals surface area contributed by atoms with E-state index in [4.69, 9.17) is 0 Å². The van der Waals surface area contributed by atoms with Crippen LogP contribution in [0.25, 0.3) is 0 Å². The molecule has 0 bridgehead atoms. The fourth-order valence-electron chi connectivity index (χ4n) is 1.90. The molecule has 1 rings (SSSR count). The third-order valence-electron chi connectivity index (χ3n) is 3.02. The Balaban J connectivity index is 2.48. The van der Waals surface area contributed by atoms with E-state index in [1.807, 2.05) is 4.90 Å². The van der Waals surface area contributed by atoms with Crippen molar-refractivity contribution in [2.24, 2.45) is 17.3 Å². The fraction of sp³-hybridized carbons (Fsp3) is 0.917. The lowest BCUT2D eigenvalue weighted by Gasteiger charge is -2.22. The molecular formula is C12H23NO. The maximum absolute atomic E-state index is 11.9. The summed E-state index contributed by atoms with van der Waals surface area (Å²) in [4.78, 5) is 13.9. The standard InChI is InChI=1S/C12H23NO/c1-9-7-13(8-10(9)2)11(14)6-12(3,4)5/h9-10H,6-8H2,1-5H3/t9-,10?/m0/s1. The molecule has 0 saturated carbocycles. The molecule has 1 amide bonds. The molecule has 0 radical (unpaired) electrons. The van der Waals surface area contributed by atoms with Gasteiger partial charge in [0.15, 0.2) is 0 Å². The molecule has 2 heteroatoms. The van der Waals surface area contributed by atoms with E-state index in [1.165, 1.54) is 0 Å². The average molecular weight is 197 g/mol. The molecule has 0 N–H and O–H groups in total. The fourth-order valence-corrected chi connectivity index (χ4v) is 1.90. The van der Waals surface area contributed by atoms with Crippen LogP contribution in [0, 0.1) is 17.3 Å². The molecule has 1 fully saturated rings. The minimum Gasteiger partial charge on any atom is -0.342 e. The number of hydrogen-bond acceptors (Lipinski definition) is 1. The van der Waals surface area contributed by atoms with Crippen LogP contribution in [0.15, 0.2) is 0 Å². The summed E-state index contributed by atoms with van der Waals surface area (Å²) in [7, 11) is 0. The van der Waals surface area contributed by atoms with E-state index in [0.29, 0.717) is 24.2 Å². The van der Waals surface area contributed by atoms with Gasteiger partial charge in [-0.1, -0.05) is 34.6 Å². The molecule has 1 unspecified atom stereocenters. The molecule has 2 nitrogen and oxygen atoms in total. The number of amides is 1. The van der Waals surface area contributed by atoms with E-state index in [9.17, 15) is 4.79 Å². The predicted molar refractivity (Wildman–Crippen MR) is 59.0 cm³/mol. The molecule has 0 spiro atoms. The Morgan fingerprint density at radius 1 is 1.21 bits per heavy atom. The van der Waals surface area contributed by atoms with Crippen LogP contribution < -0.4 is 0 Å². The first kappa shape index (κ1) is 11.5. The minimum atomic E-state index is 0.117. The van der Waals surface area contributed by atoms with Gasteiger partial charge in [-0.25, -0.2) is 0 Å². The first-order valence-electron chi connectivity index (χ1n) is 5.57. The summed E-state index contributed by atoms with van der Waals surface area (Å²) in [5.74, 6) is 1.66. The highest BCUT2D eigenvalue weighted by atomic mass is 16.2. The number of carbonyl (C=O) groups excluding carboxylic acids is 1. The van der Waals surface area contributed by atoms with Gasteiger partial charge in [-0.15, -0.1) is 0 Å². The second-order valence-corrected chi connectivity index (χ2v) is 5.99. The van der Waals surface area contributed by atoms with Gasteiger partial charge in [-0.2, -0.15) is 0 Å². The lowest BCUT2D eigenvalue weighted by molar-refractivity contribution is -0.132. The Bertz CT molecular complexity index is 207. The van der Waals surface area contributed by atoms with Crippen molar-refractivity contribution in [2.45, 2.75) is 41.0 Å². The molecule has 1 aliphatic heterocycles. The van der Waals surface area contributed by atoms with Gasteiger partial charge >= 0.3 is 0 Å². The molecule has 1 aliphatic rings. The monoisotopic (exact) mass is 197 g/mol. The van der Waals surface area contributed by atoms with Gasteiger partial charge in [0.25, 0.3) is 0 Å². The molecule has 82 valence electrons. The van der Waals surface area contributed by atoms with Gasteiger partial charge in [-0.05, 0) is 17.3 Å². The predicted octanol–water partition coefficient (Wildman–Crippen LogP) is 2.54. The first-order chi connectivity index (χ1) is 6.29. The zero-order valence-electron chi connectivity index (χ0n) is 10.1. The van der Waals surface area contributed by atoms with Crippen molar-refractivity contribution >= 4 is 5.91 Å². The SMILES string of the molecule is CC1CN(C(=O)CC(C)(C)C)C[C@@H]1C. The highest BCUT2D eigenvalue weighted by Gasteiger charge is 2.30. The maximum atomic E-state index is 11.9. The van der Waals surface area contributed by atoms with Crippen LogP contribution in [0.3, 0.4) is 0 Å².